The molecule has 0 spiro atoms. The summed E-state index contributed by atoms with van der Waals surface area (Å²) in [5, 5.41) is 2.03. The van der Waals surface area contributed by atoms with E-state index in [1.807, 2.05) is 30.7 Å². The van der Waals surface area contributed by atoms with Crippen molar-refractivity contribution in [1.82, 2.24) is 5.48 Å². The third kappa shape index (κ3) is 1.55. The second-order valence-electron chi connectivity index (χ2n) is 2.66. The first kappa shape index (κ1) is 7.91. The van der Waals surface area contributed by atoms with Gasteiger partial charge in [-0.05, 0) is 18.4 Å². The average Bonchev–Trinajstić information content (AvgIpc) is 2.58. The van der Waals surface area contributed by atoms with Crippen LogP contribution < -0.4 is 5.48 Å². The molecule has 2 heterocycles. The molecule has 12 heavy (non-hydrogen) atoms. The molecule has 0 amide bonds. The number of nitrogens with zero attached hydrogens (tertiary/aromatic N) is 1. The first-order valence-electron chi connectivity index (χ1n) is 3.84. The minimum atomic E-state index is -0.0128. The number of hydroxylamine groups is 1. The highest BCUT2D eigenvalue weighted by molar-refractivity contribution is 7.10. The Morgan fingerprint density at radius 2 is 2.58 bits per heavy atom. The van der Waals surface area contributed by atoms with Gasteiger partial charge in [-0.3, -0.25) is 9.83 Å². The van der Waals surface area contributed by atoms with Gasteiger partial charge in [0.2, 0.25) is 0 Å². The largest absolute Gasteiger partial charge is 0.291 e. The van der Waals surface area contributed by atoms with E-state index in [1.54, 1.807) is 11.3 Å². The summed E-state index contributed by atoms with van der Waals surface area (Å²) in [5.74, 6) is 0. The Morgan fingerprint density at radius 3 is 3.17 bits per heavy atom. The van der Waals surface area contributed by atoms with Crippen molar-refractivity contribution in [2.75, 3.05) is 0 Å². The molecule has 2 unspecified atom stereocenters. The molecule has 1 aromatic rings. The zero-order valence-electron chi connectivity index (χ0n) is 6.73. The zero-order chi connectivity index (χ0) is 8.39. The van der Waals surface area contributed by atoms with Crippen LogP contribution in [0, 0.1) is 0 Å². The molecule has 1 aliphatic rings. The van der Waals surface area contributed by atoms with E-state index in [4.69, 9.17) is 4.84 Å². The molecule has 0 aliphatic carbocycles. The van der Waals surface area contributed by atoms with Gasteiger partial charge in [0.25, 0.3) is 0 Å². The number of aliphatic imine (C=N–C) groups is 1. The van der Waals surface area contributed by atoms with Crippen molar-refractivity contribution < 1.29 is 4.84 Å². The van der Waals surface area contributed by atoms with E-state index in [0.29, 0.717) is 0 Å². The Hall–Kier alpha value is -0.710. The van der Waals surface area contributed by atoms with Gasteiger partial charge in [-0.2, -0.15) is 5.48 Å². The van der Waals surface area contributed by atoms with Crippen molar-refractivity contribution in [1.29, 1.82) is 0 Å². The van der Waals surface area contributed by atoms with Crippen LogP contribution in [0.1, 0.15) is 18.0 Å². The van der Waals surface area contributed by atoms with E-state index in [-0.39, 0.29) is 12.3 Å². The molecule has 2 rings (SSSR count). The Balaban J connectivity index is 2.12. The van der Waals surface area contributed by atoms with Gasteiger partial charge in [-0.1, -0.05) is 6.07 Å². The smallest absolute Gasteiger partial charge is 0.156 e. The fourth-order valence-corrected chi connectivity index (χ4v) is 1.73. The van der Waals surface area contributed by atoms with Crippen molar-refractivity contribution in [2.24, 2.45) is 4.99 Å². The second kappa shape index (κ2) is 3.35. The molecule has 4 heteroatoms. The van der Waals surface area contributed by atoms with Crippen LogP contribution in [-0.4, -0.2) is 12.3 Å². The molecule has 0 radical (unpaired) electrons. The number of thiophene rings is 1. The first-order chi connectivity index (χ1) is 5.86. The Kier molecular flexibility index (Phi) is 2.21. The lowest BCUT2D eigenvalue weighted by Crippen LogP contribution is -2.30. The SMILES string of the molecule is CC1C=NC(c2cccs2)NO1. The van der Waals surface area contributed by atoms with E-state index >= 15 is 0 Å². The van der Waals surface area contributed by atoms with E-state index in [1.165, 1.54) is 4.88 Å². The topological polar surface area (TPSA) is 33.6 Å². The van der Waals surface area contributed by atoms with Crippen molar-refractivity contribution in [3.63, 3.8) is 0 Å². The third-order valence-corrected chi connectivity index (χ3v) is 2.55. The molecule has 1 aromatic heterocycles. The summed E-state index contributed by atoms with van der Waals surface area (Å²) in [6, 6.07) is 4.05. The van der Waals surface area contributed by atoms with Gasteiger partial charge in [0, 0.05) is 11.1 Å². The minimum absolute atomic E-state index is 0.0128. The standard InChI is InChI=1S/C8H10N2OS/c1-6-5-9-8(10-11-6)7-3-2-4-12-7/h2-6,8,10H,1H3. The molecule has 0 bridgehead atoms. The summed E-state index contributed by atoms with van der Waals surface area (Å²) in [4.78, 5) is 10.7. The predicted octanol–water partition coefficient (Wildman–Crippen LogP) is 1.74. The van der Waals surface area contributed by atoms with Gasteiger partial charge < -0.3 is 0 Å². The normalized spacial score (nSPS) is 29.1. The Labute approximate surface area is 75.0 Å². The highest BCUT2D eigenvalue weighted by Gasteiger charge is 2.15. The Morgan fingerprint density at radius 1 is 1.67 bits per heavy atom. The fourth-order valence-electron chi connectivity index (χ4n) is 1.02. The van der Waals surface area contributed by atoms with Crippen LogP contribution in [0.2, 0.25) is 0 Å². The van der Waals surface area contributed by atoms with Crippen LogP contribution in [0.3, 0.4) is 0 Å². The highest BCUT2D eigenvalue weighted by Crippen LogP contribution is 2.21. The molecule has 0 saturated carbocycles. The maximum absolute atomic E-state index is 5.22. The third-order valence-electron chi connectivity index (χ3n) is 1.62. The predicted molar refractivity (Wildman–Crippen MR) is 49.2 cm³/mol. The lowest BCUT2D eigenvalue weighted by molar-refractivity contribution is -0.00988. The number of nitrogens with one attached hydrogen (secondary N) is 1. The van der Waals surface area contributed by atoms with Crippen LogP contribution in [0.15, 0.2) is 22.5 Å². The molecular weight excluding hydrogens is 172 g/mol. The molecular formula is C8H10N2OS. The molecule has 2 atom stereocenters. The van der Waals surface area contributed by atoms with Gasteiger partial charge in [0.05, 0.1) is 0 Å². The first-order valence-corrected chi connectivity index (χ1v) is 4.72. The van der Waals surface area contributed by atoms with Gasteiger partial charge in [0.1, 0.15) is 6.10 Å². The monoisotopic (exact) mass is 182 g/mol. The van der Waals surface area contributed by atoms with Crippen molar-refractivity contribution in [3.05, 3.63) is 22.4 Å². The summed E-state index contributed by atoms with van der Waals surface area (Å²) in [5.41, 5.74) is 2.88. The van der Waals surface area contributed by atoms with E-state index in [2.05, 4.69) is 10.5 Å². The van der Waals surface area contributed by atoms with Gasteiger partial charge in [0.15, 0.2) is 6.17 Å². The maximum atomic E-state index is 5.22. The van der Waals surface area contributed by atoms with Crippen LogP contribution >= 0.6 is 11.3 Å². The van der Waals surface area contributed by atoms with Gasteiger partial charge in [-0.15, -0.1) is 11.3 Å². The van der Waals surface area contributed by atoms with Crippen molar-refractivity contribution in [2.45, 2.75) is 19.2 Å². The lowest BCUT2D eigenvalue weighted by atomic mass is 10.3. The van der Waals surface area contributed by atoms with Crippen molar-refractivity contribution >= 4 is 17.6 Å². The number of hydrogen-bond acceptors (Lipinski definition) is 4. The summed E-state index contributed by atoms with van der Waals surface area (Å²) in [6.45, 7) is 1.95. The van der Waals surface area contributed by atoms with E-state index < -0.39 is 0 Å². The number of rotatable bonds is 1. The zero-order valence-corrected chi connectivity index (χ0v) is 7.54. The second-order valence-corrected chi connectivity index (χ2v) is 3.64. The molecule has 0 saturated heterocycles. The lowest BCUT2D eigenvalue weighted by Gasteiger charge is -2.20. The van der Waals surface area contributed by atoms with Crippen LogP contribution in [0.5, 0.6) is 0 Å². The summed E-state index contributed by atoms with van der Waals surface area (Å²) in [7, 11) is 0. The van der Waals surface area contributed by atoms with Crippen LogP contribution in [0.25, 0.3) is 0 Å². The van der Waals surface area contributed by atoms with Gasteiger partial charge in [-0.25, -0.2) is 0 Å². The van der Waals surface area contributed by atoms with E-state index in [0.717, 1.165) is 0 Å². The summed E-state index contributed by atoms with van der Waals surface area (Å²) >= 11 is 1.67. The molecule has 1 aliphatic heterocycles. The fraction of sp³-hybridized carbons (Fsp3) is 0.375. The summed E-state index contributed by atoms with van der Waals surface area (Å²) in [6.07, 6.45) is 1.88. The molecule has 64 valence electrons. The molecule has 0 fully saturated rings. The quantitative estimate of drug-likeness (QED) is 0.717. The Bertz CT molecular complexity index is 271. The molecule has 3 nitrogen and oxygen atoms in total. The minimum Gasteiger partial charge on any atom is -0.291 e. The van der Waals surface area contributed by atoms with E-state index in [9.17, 15) is 0 Å². The average molecular weight is 182 g/mol. The summed E-state index contributed by atoms with van der Waals surface area (Å²) < 4.78 is 0. The van der Waals surface area contributed by atoms with Crippen LogP contribution in [-0.2, 0) is 4.84 Å². The molecule has 1 N–H and O–H groups in total. The molecule has 0 aromatic carbocycles. The highest BCUT2D eigenvalue weighted by atomic mass is 32.1. The van der Waals surface area contributed by atoms with Crippen LogP contribution in [0.4, 0.5) is 0 Å². The maximum Gasteiger partial charge on any atom is 0.156 e. The van der Waals surface area contributed by atoms with Gasteiger partial charge >= 0.3 is 0 Å². The van der Waals surface area contributed by atoms with Crippen molar-refractivity contribution in [3.8, 4) is 0 Å². The number of hydrogen-bond donors (Lipinski definition) is 1.